The first-order valence-electron chi connectivity index (χ1n) is 11.4. The molecule has 0 radical (unpaired) electrons. The van der Waals surface area contributed by atoms with Gasteiger partial charge < -0.3 is 14.4 Å². The fraction of sp³-hybridized carbons (Fsp3) is 0.296. The number of amides is 1. The first kappa shape index (κ1) is 23.3. The van der Waals surface area contributed by atoms with Crippen LogP contribution in [0.3, 0.4) is 0 Å². The Bertz CT molecular complexity index is 1180. The monoisotopic (exact) mass is 456 g/mol. The molecule has 1 aromatic heterocycles. The molecule has 2 atom stereocenters. The number of pyridine rings is 1. The number of hydrogen-bond donors (Lipinski definition) is 1. The van der Waals surface area contributed by atoms with Crippen LogP contribution in [0.5, 0.6) is 5.75 Å². The van der Waals surface area contributed by atoms with Crippen molar-refractivity contribution in [2.75, 3.05) is 23.3 Å². The number of nitrogens with zero attached hydrogens (tertiary/aromatic N) is 3. The third kappa shape index (κ3) is 5.53. The molecule has 2 aromatic carbocycles. The van der Waals surface area contributed by atoms with Gasteiger partial charge in [-0.1, -0.05) is 25.1 Å². The summed E-state index contributed by atoms with van der Waals surface area (Å²) in [5.41, 5.74) is 4.22. The number of rotatable bonds is 5. The normalized spacial score (nSPS) is 17.6. The number of nitriles is 1. The van der Waals surface area contributed by atoms with Gasteiger partial charge in [0.1, 0.15) is 11.6 Å². The number of carbonyl (C=O) groups is 1. The minimum Gasteiger partial charge on any atom is -0.410 e. The molecule has 34 heavy (non-hydrogen) atoms. The van der Waals surface area contributed by atoms with Gasteiger partial charge in [0.15, 0.2) is 0 Å². The highest BCUT2D eigenvalue weighted by molar-refractivity contribution is 5.86. The van der Waals surface area contributed by atoms with Crippen LogP contribution in [-0.2, 0) is 11.2 Å². The molecule has 0 saturated carbocycles. The molecule has 1 aliphatic heterocycles. The lowest BCUT2D eigenvalue weighted by molar-refractivity contribution is -0.00545. The molecule has 7 nitrogen and oxygen atoms in total. The Morgan fingerprint density at radius 2 is 1.88 bits per heavy atom. The molecule has 174 valence electrons. The Balaban J connectivity index is 1.43. The standard InChI is InChI=1S/C27H28N4O3/c1-4-21-9-11-24(13-25(21)22-7-5-20(14-28)6-8-22)34-27(32)30-23-10-12-26(29-15-23)31-16-18(2)33-19(3)17-31/h5-13,15,18-19H,4,16-17H2,1-3H3,(H,30,32). The zero-order valence-corrected chi connectivity index (χ0v) is 19.6. The van der Waals surface area contributed by atoms with Crippen molar-refractivity contribution >= 4 is 17.6 Å². The fourth-order valence-electron chi connectivity index (χ4n) is 4.18. The van der Waals surface area contributed by atoms with Crippen molar-refractivity contribution in [3.05, 3.63) is 71.9 Å². The summed E-state index contributed by atoms with van der Waals surface area (Å²) in [6.45, 7) is 7.73. The summed E-state index contributed by atoms with van der Waals surface area (Å²) in [5.74, 6) is 1.29. The summed E-state index contributed by atoms with van der Waals surface area (Å²) in [6, 6.07) is 18.8. The number of aryl methyl sites for hydroxylation is 1. The maximum Gasteiger partial charge on any atom is 0.417 e. The Hall–Kier alpha value is -3.89. The predicted molar refractivity (Wildman–Crippen MR) is 132 cm³/mol. The van der Waals surface area contributed by atoms with E-state index in [9.17, 15) is 4.79 Å². The lowest BCUT2D eigenvalue weighted by atomic mass is 9.97. The second-order valence-corrected chi connectivity index (χ2v) is 8.44. The van der Waals surface area contributed by atoms with Gasteiger partial charge in [-0.3, -0.25) is 5.32 Å². The number of hydrogen-bond acceptors (Lipinski definition) is 6. The van der Waals surface area contributed by atoms with E-state index in [-0.39, 0.29) is 12.2 Å². The molecule has 0 aliphatic carbocycles. The van der Waals surface area contributed by atoms with Crippen molar-refractivity contribution in [1.82, 2.24) is 4.98 Å². The molecule has 1 aliphatic rings. The van der Waals surface area contributed by atoms with E-state index >= 15 is 0 Å². The van der Waals surface area contributed by atoms with Crippen molar-refractivity contribution in [3.63, 3.8) is 0 Å². The lowest BCUT2D eigenvalue weighted by Crippen LogP contribution is -2.45. The van der Waals surface area contributed by atoms with Crippen LogP contribution in [-0.4, -0.2) is 36.4 Å². The van der Waals surface area contributed by atoms with Crippen molar-refractivity contribution in [1.29, 1.82) is 5.26 Å². The molecule has 3 aromatic rings. The minimum atomic E-state index is -0.585. The van der Waals surface area contributed by atoms with Crippen LogP contribution in [0.4, 0.5) is 16.3 Å². The van der Waals surface area contributed by atoms with Gasteiger partial charge in [0.05, 0.1) is 35.7 Å². The summed E-state index contributed by atoms with van der Waals surface area (Å²) in [7, 11) is 0. The van der Waals surface area contributed by atoms with E-state index in [0.717, 1.165) is 42.0 Å². The van der Waals surface area contributed by atoms with E-state index in [0.29, 0.717) is 17.0 Å². The second-order valence-electron chi connectivity index (χ2n) is 8.44. The maximum atomic E-state index is 12.5. The Morgan fingerprint density at radius 3 is 2.50 bits per heavy atom. The zero-order valence-electron chi connectivity index (χ0n) is 19.6. The molecule has 4 rings (SSSR count). The third-order valence-electron chi connectivity index (χ3n) is 5.74. The van der Waals surface area contributed by atoms with E-state index in [1.54, 1.807) is 24.4 Å². The molecule has 1 N–H and O–H groups in total. The maximum absolute atomic E-state index is 12.5. The van der Waals surface area contributed by atoms with Gasteiger partial charge in [-0.25, -0.2) is 9.78 Å². The Labute approximate surface area is 199 Å². The summed E-state index contributed by atoms with van der Waals surface area (Å²) < 4.78 is 11.3. The van der Waals surface area contributed by atoms with Gasteiger partial charge >= 0.3 is 6.09 Å². The fourth-order valence-corrected chi connectivity index (χ4v) is 4.18. The first-order chi connectivity index (χ1) is 16.4. The minimum absolute atomic E-state index is 0.145. The van der Waals surface area contributed by atoms with Crippen LogP contribution in [0, 0.1) is 11.3 Å². The predicted octanol–water partition coefficient (Wildman–Crippen LogP) is 5.41. The third-order valence-corrected chi connectivity index (χ3v) is 5.74. The molecule has 0 bridgehead atoms. The van der Waals surface area contributed by atoms with Crippen LogP contribution in [0.2, 0.25) is 0 Å². The number of carbonyl (C=O) groups excluding carboxylic acids is 1. The van der Waals surface area contributed by atoms with Crippen molar-refractivity contribution < 1.29 is 14.3 Å². The van der Waals surface area contributed by atoms with Crippen molar-refractivity contribution in [3.8, 4) is 22.9 Å². The van der Waals surface area contributed by atoms with Crippen LogP contribution < -0.4 is 15.0 Å². The summed E-state index contributed by atoms with van der Waals surface area (Å²) in [6.07, 6.45) is 2.17. The lowest BCUT2D eigenvalue weighted by Gasteiger charge is -2.36. The summed E-state index contributed by atoms with van der Waals surface area (Å²) in [4.78, 5) is 19.2. The van der Waals surface area contributed by atoms with Crippen LogP contribution >= 0.6 is 0 Å². The van der Waals surface area contributed by atoms with Crippen molar-refractivity contribution in [2.24, 2.45) is 0 Å². The van der Waals surface area contributed by atoms with Gasteiger partial charge in [0.25, 0.3) is 0 Å². The molecular weight excluding hydrogens is 428 g/mol. The number of aromatic nitrogens is 1. The smallest absolute Gasteiger partial charge is 0.410 e. The van der Waals surface area contributed by atoms with E-state index in [4.69, 9.17) is 14.7 Å². The van der Waals surface area contributed by atoms with Gasteiger partial charge in [-0.2, -0.15) is 5.26 Å². The largest absolute Gasteiger partial charge is 0.417 e. The van der Waals surface area contributed by atoms with Crippen LogP contribution in [0.15, 0.2) is 60.8 Å². The number of morpholine rings is 1. The van der Waals surface area contributed by atoms with Gasteiger partial charge in [0.2, 0.25) is 0 Å². The Kier molecular flexibility index (Phi) is 7.09. The van der Waals surface area contributed by atoms with E-state index in [1.807, 2.05) is 36.4 Å². The van der Waals surface area contributed by atoms with E-state index in [1.165, 1.54) is 0 Å². The summed E-state index contributed by atoms with van der Waals surface area (Å²) >= 11 is 0. The number of anilines is 2. The molecule has 1 saturated heterocycles. The number of nitrogens with one attached hydrogen (secondary N) is 1. The first-order valence-corrected chi connectivity index (χ1v) is 11.4. The van der Waals surface area contributed by atoms with Gasteiger partial charge in [-0.05, 0) is 73.4 Å². The molecule has 1 fully saturated rings. The average Bonchev–Trinajstić information content (AvgIpc) is 2.84. The van der Waals surface area contributed by atoms with Gasteiger partial charge in [-0.15, -0.1) is 0 Å². The number of benzene rings is 2. The quantitative estimate of drug-likeness (QED) is 0.553. The molecule has 2 heterocycles. The summed E-state index contributed by atoms with van der Waals surface area (Å²) in [5, 5.41) is 11.8. The molecule has 2 unspecified atom stereocenters. The van der Waals surface area contributed by atoms with E-state index in [2.05, 4.69) is 42.0 Å². The highest BCUT2D eigenvalue weighted by atomic mass is 16.6. The topological polar surface area (TPSA) is 87.5 Å². The van der Waals surface area contributed by atoms with Gasteiger partial charge in [0, 0.05) is 13.1 Å². The second kappa shape index (κ2) is 10.4. The van der Waals surface area contributed by atoms with Crippen molar-refractivity contribution in [2.45, 2.75) is 39.4 Å². The van der Waals surface area contributed by atoms with Crippen LogP contribution in [0.1, 0.15) is 31.9 Å². The highest BCUT2D eigenvalue weighted by Crippen LogP contribution is 2.29. The molecule has 1 amide bonds. The molecular formula is C27H28N4O3. The molecule has 0 spiro atoms. The Morgan fingerprint density at radius 1 is 1.15 bits per heavy atom. The molecule has 7 heteroatoms. The average molecular weight is 457 g/mol. The zero-order chi connectivity index (χ0) is 24.1. The SMILES string of the molecule is CCc1ccc(OC(=O)Nc2ccc(N3CC(C)OC(C)C3)nc2)cc1-c1ccc(C#N)cc1. The van der Waals surface area contributed by atoms with E-state index < -0.39 is 6.09 Å². The number of ether oxygens (including phenoxy) is 2. The highest BCUT2D eigenvalue weighted by Gasteiger charge is 2.23. The van der Waals surface area contributed by atoms with Crippen LogP contribution in [0.25, 0.3) is 11.1 Å².